The molecule has 7 nitrogen and oxygen atoms in total. The van der Waals surface area contributed by atoms with E-state index in [4.69, 9.17) is 5.11 Å². The van der Waals surface area contributed by atoms with Crippen LogP contribution in [-0.2, 0) is 15.0 Å². The zero-order valence-electron chi connectivity index (χ0n) is 12.5. The van der Waals surface area contributed by atoms with Crippen molar-refractivity contribution in [2.24, 2.45) is 5.92 Å². The molecule has 2 aliphatic heterocycles. The van der Waals surface area contributed by atoms with E-state index < -0.39 is 22.1 Å². The van der Waals surface area contributed by atoms with E-state index in [0.29, 0.717) is 25.9 Å². The number of rotatable bonds is 5. The number of carboxylic acid groups (broad SMARTS) is 1. The molecule has 1 atom stereocenters. The van der Waals surface area contributed by atoms with E-state index in [-0.39, 0.29) is 12.6 Å². The molecule has 0 aliphatic carbocycles. The molecule has 0 aromatic carbocycles. The summed E-state index contributed by atoms with van der Waals surface area (Å²) < 4.78 is 28.6. The molecule has 2 rings (SSSR count). The molecule has 0 amide bonds. The van der Waals surface area contributed by atoms with Crippen LogP contribution >= 0.6 is 0 Å². The van der Waals surface area contributed by atoms with Crippen molar-refractivity contribution in [3.05, 3.63) is 0 Å². The second-order valence-corrected chi connectivity index (χ2v) is 7.61. The van der Waals surface area contributed by atoms with Crippen molar-refractivity contribution >= 4 is 16.2 Å². The lowest BCUT2D eigenvalue weighted by Crippen LogP contribution is -2.54. The molecule has 2 heterocycles. The summed E-state index contributed by atoms with van der Waals surface area (Å²) in [7, 11) is -3.56. The fourth-order valence-corrected chi connectivity index (χ4v) is 5.14. The van der Waals surface area contributed by atoms with Crippen LogP contribution in [0.4, 0.5) is 0 Å². The quantitative estimate of drug-likeness (QED) is 0.750. The smallest absolute Gasteiger partial charge is 0.307 e. The maximum Gasteiger partial charge on any atom is 0.307 e. The SMILES string of the molecule is CCN(C1CCNCC1)S(=O)(=O)N1CCCC(C(=O)O)C1. The topological polar surface area (TPSA) is 90.0 Å². The summed E-state index contributed by atoms with van der Waals surface area (Å²) in [5, 5.41) is 12.4. The number of carboxylic acids is 1. The van der Waals surface area contributed by atoms with Crippen molar-refractivity contribution in [3.8, 4) is 0 Å². The van der Waals surface area contributed by atoms with E-state index in [0.717, 1.165) is 25.9 Å². The third kappa shape index (κ3) is 3.74. The molecule has 0 saturated carbocycles. The first kappa shape index (κ1) is 16.7. The van der Waals surface area contributed by atoms with Crippen molar-refractivity contribution < 1.29 is 18.3 Å². The molecule has 0 aromatic rings. The van der Waals surface area contributed by atoms with Gasteiger partial charge in [-0.3, -0.25) is 4.79 Å². The van der Waals surface area contributed by atoms with Crippen molar-refractivity contribution in [2.75, 3.05) is 32.7 Å². The fourth-order valence-electron chi connectivity index (χ4n) is 3.21. The van der Waals surface area contributed by atoms with Gasteiger partial charge in [0.1, 0.15) is 0 Å². The minimum absolute atomic E-state index is 0.0199. The van der Waals surface area contributed by atoms with E-state index in [1.807, 2.05) is 6.92 Å². The highest BCUT2D eigenvalue weighted by Crippen LogP contribution is 2.24. The average Bonchev–Trinajstić information content (AvgIpc) is 2.49. The second-order valence-electron chi connectivity index (χ2n) is 5.73. The highest BCUT2D eigenvalue weighted by Gasteiger charge is 2.38. The van der Waals surface area contributed by atoms with Crippen molar-refractivity contribution in [1.29, 1.82) is 0 Å². The lowest BCUT2D eigenvalue weighted by molar-refractivity contribution is -0.142. The van der Waals surface area contributed by atoms with Crippen LogP contribution in [0, 0.1) is 5.92 Å². The van der Waals surface area contributed by atoms with E-state index >= 15 is 0 Å². The standard InChI is InChI=1S/C13H25N3O4S/c1-2-16(12-5-7-14-8-6-12)21(19,20)15-9-3-4-11(10-15)13(17)18/h11-12,14H,2-10H2,1H3,(H,17,18). The van der Waals surface area contributed by atoms with Gasteiger partial charge in [0.25, 0.3) is 10.2 Å². The predicted molar refractivity (Wildman–Crippen MR) is 79.1 cm³/mol. The zero-order valence-corrected chi connectivity index (χ0v) is 13.3. The number of nitrogens with zero attached hydrogens (tertiary/aromatic N) is 2. The normalized spacial score (nSPS) is 26.1. The van der Waals surface area contributed by atoms with Crippen LogP contribution in [0.3, 0.4) is 0 Å². The first-order valence-corrected chi connectivity index (χ1v) is 9.07. The Labute approximate surface area is 126 Å². The molecule has 1 unspecified atom stereocenters. The minimum atomic E-state index is -3.56. The molecule has 0 radical (unpaired) electrons. The second kappa shape index (κ2) is 7.04. The Bertz CT molecular complexity index is 462. The monoisotopic (exact) mass is 319 g/mol. The van der Waals surface area contributed by atoms with Crippen LogP contribution in [0.2, 0.25) is 0 Å². The summed E-state index contributed by atoms with van der Waals surface area (Å²) >= 11 is 0. The van der Waals surface area contributed by atoms with E-state index in [2.05, 4.69) is 5.32 Å². The fraction of sp³-hybridized carbons (Fsp3) is 0.923. The highest BCUT2D eigenvalue weighted by atomic mass is 32.2. The summed E-state index contributed by atoms with van der Waals surface area (Å²) in [4.78, 5) is 11.1. The Morgan fingerprint density at radius 1 is 1.33 bits per heavy atom. The number of carbonyl (C=O) groups is 1. The molecule has 2 N–H and O–H groups in total. The van der Waals surface area contributed by atoms with Gasteiger partial charge in [0.15, 0.2) is 0 Å². The lowest BCUT2D eigenvalue weighted by atomic mass is 10.0. The van der Waals surface area contributed by atoms with Gasteiger partial charge < -0.3 is 10.4 Å². The summed E-state index contributed by atoms with van der Waals surface area (Å²) in [6, 6.07) is 0.0199. The summed E-state index contributed by atoms with van der Waals surface area (Å²) in [5.74, 6) is -1.49. The van der Waals surface area contributed by atoms with Crippen LogP contribution < -0.4 is 5.32 Å². The molecule has 0 bridgehead atoms. The molecule has 2 fully saturated rings. The molecule has 0 aromatic heterocycles. The summed E-state index contributed by atoms with van der Waals surface area (Å²) in [6.45, 7) is 4.45. The third-order valence-corrected chi connectivity index (χ3v) is 6.52. The van der Waals surface area contributed by atoms with Gasteiger partial charge in [0.2, 0.25) is 0 Å². The van der Waals surface area contributed by atoms with Gasteiger partial charge in [-0.2, -0.15) is 17.0 Å². The van der Waals surface area contributed by atoms with Crippen LogP contribution in [0.25, 0.3) is 0 Å². The molecule has 21 heavy (non-hydrogen) atoms. The third-order valence-electron chi connectivity index (χ3n) is 4.38. The molecular formula is C13H25N3O4S. The van der Waals surface area contributed by atoms with Crippen LogP contribution in [0.1, 0.15) is 32.6 Å². The molecule has 8 heteroatoms. The molecule has 2 aliphatic rings. The summed E-state index contributed by atoms with van der Waals surface area (Å²) in [6.07, 6.45) is 2.79. The Morgan fingerprint density at radius 3 is 2.57 bits per heavy atom. The first-order valence-electron chi connectivity index (χ1n) is 7.67. The van der Waals surface area contributed by atoms with Gasteiger partial charge in [0, 0.05) is 25.7 Å². The first-order chi connectivity index (χ1) is 9.96. The zero-order chi connectivity index (χ0) is 15.5. The lowest BCUT2D eigenvalue weighted by Gasteiger charge is -2.38. The maximum atomic E-state index is 12.8. The van der Waals surface area contributed by atoms with Crippen molar-refractivity contribution in [1.82, 2.24) is 13.9 Å². The van der Waals surface area contributed by atoms with E-state index in [1.54, 1.807) is 4.31 Å². The van der Waals surface area contributed by atoms with Gasteiger partial charge in [-0.15, -0.1) is 0 Å². The molecule has 122 valence electrons. The number of aliphatic carboxylic acids is 1. The van der Waals surface area contributed by atoms with E-state index in [1.165, 1.54) is 4.31 Å². The number of piperidine rings is 2. The number of hydrogen-bond acceptors (Lipinski definition) is 4. The number of hydrogen-bond donors (Lipinski definition) is 2. The van der Waals surface area contributed by atoms with E-state index in [9.17, 15) is 13.2 Å². The maximum absolute atomic E-state index is 12.8. The van der Waals surface area contributed by atoms with Gasteiger partial charge in [-0.05, 0) is 38.8 Å². The Kier molecular flexibility index (Phi) is 5.59. The summed E-state index contributed by atoms with van der Waals surface area (Å²) in [5.41, 5.74) is 0. The average molecular weight is 319 g/mol. The van der Waals surface area contributed by atoms with Gasteiger partial charge in [0.05, 0.1) is 5.92 Å². The van der Waals surface area contributed by atoms with Crippen LogP contribution in [0.5, 0.6) is 0 Å². The minimum Gasteiger partial charge on any atom is -0.481 e. The van der Waals surface area contributed by atoms with Gasteiger partial charge >= 0.3 is 5.97 Å². The van der Waals surface area contributed by atoms with Crippen LogP contribution in [0.15, 0.2) is 0 Å². The predicted octanol–water partition coefficient (Wildman–Crippen LogP) is 0.102. The molecule has 2 saturated heterocycles. The largest absolute Gasteiger partial charge is 0.481 e. The van der Waals surface area contributed by atoms with Gasteiger partial charge in [-0.1, -0.05) is 6.92 Å². The number of nitrogens with one attached hydrogen (secondary N) is 1. The van der Waals surface area contributed by atoms with Crippen LogP contribution in [-0.4, -0.2) is 66.9 Å². The Morgan fingerprint density at radius 2 is 2.00 bits per heavy atom. The highest BCUT2D eigenvalue weighted by molar-refractivity contribution is 7.86. The molecular weight excluding hydrogens is 294 g/mol. The Hall–Kier alpha value is -0.700. The van der Waals surface area contributed by atoms with Crippen molar-refractivity contribution in [2.45, 2.75) is 38.6 Å². The van der Waals surface area contributed by atoms with Crippen molar-refractivity contribution in [3.63, 3.8) is 0 Å². The Balaban J connectivity index is 2.12. The molecule has 0 spiro atoms. The van der Waals surface area contributed by atoms with Gasteiger partial charge in [-0.25, -0.2) is 0 Å².